The Morgan fingerprint density at radius 3 is 2.50 bits per heavy atom. The fraction of sp³-hybridized carbons (Fsp3) is 0.0500. The topological polar surface area (TPSA) is 17.3 Å². The van der Waals surface area contributed by atoms with E-state index in [9.17, 15) is 0 Å². The van der Waals surface area contributed by atoms with Crippen molar-refractivity contribution < 1.29 is 0 Å². The number of allylic oxidation sites excluding steroid dienone is 1. The van der Waals surface area contributed by atoms with E-state index in [2.05, 4.69) is 72.5 Å². The minimum absolute atomic E-state index is 0.996. The van der Waals surface area contributed by atoms with Gasteiger partial charge < -0.3 is 0 Å². The molecule has 2 nitrogen and oxygen atoms in total. The smallest absolute Gasteiger partial charge is 0.146 e. The summed E-state index contributed by atoms with van der Waals surface area (Å²) in [6.45, 7) is 5.96. The summed E-state index contributed by atoms with van der Waals surface area (Å²) >= 11 is 0. The van der Waals surface area contributed by atoms with E-state index < -0.39 is 0 Å². The third-order valence-corrected chi connectivity index (χ3v) is 4.10. The highest BCUT2D eigenvalue weighted by Crippen LogP contribution is 2.20. The molecule has 2 heterocycles. The Kier molecular flexibility index (Phi) is 2.83. The summed E-state index contributed by atoms with van der Waals surface area (Å²) in [5.74, 6) is 0. The van der Waals surface area contributed by atoms with E-state index in [1.807, 2.05) is 12.1 Å². The van der Waals surface area contributed by atoms with Crippen LogP contribution in [0, 0.1) is 0 Å². The molecule has 0 aliphatic carbocycles. The van der Waals surface area contributed by atoms with Crippen LogP contribution < -0.4 is 10.6 Å². The van der Waals surface area contributed by atoms with E-state index in [0.717, 1.165) is 22.0 Å². The van der Waals surface area contributed by atoms with Crippen molar-refractivity contribution in [2.24, 2.45) is 0 Å². The zero-order chi connectivity index (χ0) is 15.1. The average Bonchev–Trinajstić information content (AvgIpc) is 2.95. The van der Waals surface area contributed by atoms with Crippen LogP contribution in [0.2, 0.25) is 0 Å². The summed E-state index contributed by atoms with van der Waals surface area (Å²) in [6, 6.07) is 16.7. The van der Waals surface area contributed by atoms with Crippen molar-refractivity contribution >= 4 is 39.6 Å². The highest BCUT2D eigenvalue weighted by atomic mass is 15.0. The lowest BCUT2D eigenvalue weighted by atomic mass is 10.1. The summed E-state index contributed by atoms with van der Waals surface area (Å²) in [4.78, 5) is 4.86. The lowest BCUT2D eigenvalue weighted by Gasteiger charge is -2.05. The van der Waals surface area contributed by atoms with Crippen LogP contribution in [-0.2, 0) is 0 Å². The Hall–Kier alpha value is -2.87. The molecule has 0 aliphatic heterocycles. The second kappa shape index (κ2) is 4.85. The molecule has 2 aromatic heterocycles. The van der Waals surface area contributed by atoms with Gasteiger partial charge in [-0.1, -0.05) is 55.1 Å². The molecule has 0 saturated carbocycles. The van der Waals surface area contributed by atoms with Gasteiger partial charge in [-0.3, -0.25) is 4.40 Å². The Bertz CT molecular complexity index is 1150. The number of para-hydroxylation sites is 2. The molecule has 0 spiro atoms. The van der Waals surface area contributed by atoms with E-state index in [1.165, 1.54) is 16.0 Å². The number of fused-ring (bicyclic) bond motifs is 5. The SMILES string of the molecule is C=C/C=c1\c(=C/C)c2ccccc2c2nc3ccccc3n12. The molecular formula is C20H16N2. The first kappa shape index (κ1) is 12.8. The second-order valence-electron chi connectivity index (χ2n) is 5.30. The number of nitrogens with zero attached hydrogens (tertiary/aromatic N) is 2. The van der Waals surface area contributed by atoms with Gasteiger partial charge in [-0.15, -0.1) is 0 Å². The van der Waals surface area contributed by atoms with Gasteiger partial charge in [0.25, 0.3) is 0 Å². The largest absolute Gasteiger partial charge is 0.292 e. The van der Waals surface area contributed by atoms with E-state index in [1.54, 1.807) is 0 Å². The minimum Gasteiger partial charge on any atom is -0.292 e. The maximum atomic E-state index is 4.86. The Morgan fingerprint density at radius 2 is 1.73 bits per heavy atom. The number of rotatable bonds is 1. The molecule has 0 amide bonds. The first-order valence-electron chi connectivity index (χ1n) is 7.42. The van der Waals surface area contributed by atoms with Crippen molar-refractivity contribution in [2.75, 3.05) is 0 Å². The highest BCUT2D eigenvalue weighted by molar-refractivity contribution is 5.98. The molecule has 106 valence electrons. The number of benzene rings is 2. The van der Waals surface area contributed by atoms with Crippen LogP contribution in [0.4, 0.5) is 0 Å². The minimum atomic E-state index is 0.996. The second-order valence-corrected chi connectivity index (χ2v) is 5.30. The van der Waals surface area contributed by atoms with Gasteiger partial charge in [-0.25, -0.2) is 4.98 Å². The van der Waals surface area contributed by atoms with Crippen molar-refractivity contribution in [1.82, 2.24) is 9.38 Å². The number of aromatic nitrogens is 2. The van der Waals surface area contributed by atoms with E-state index in [0.29, 0.717) is 0 Å². The third kappa shape index (κ3) is 1.64. The molecule has 0 aliphatic rings. The van der Waals surface area contributed by atoms with Crippen molar-refractivity contribution in [3.8, 4) is 0 Å². The normalized spacial score (nSPS) is 13.5. The monoisotopic (exact) mass is 284 g/mol. The third-order valence-electron chi connectivity index (χ3n) is 4.10. The number of hydrogen-bond acceptors (Lipinski definition) is 1. The molecule has 4 aromatic rings. The number of hydrogen-bond donors (Lipinski definition) is 0. The Morgan fingerprint density at radius 1 is 1.00 bits per heavy atom. The first-order chi connectivity index (χ1) is 10.8. The standard InChI is InChI=1S/C20H16N2/c1-3-9-18-14(4-2)15-10-5-6-11-16(15)20-21-17-12-7-8-13-19(17)22(18)20/h3-13H,1H2,2H3/b14-4-,18-9+. The molecule has 0 radical (unpaired) electrons. The summed E-state index contributed by atoms with van der Waals surface area (Å²) < 4.78 is 2.23. The Labute approximate surface area is 128 Å². The molecule has 0 unspecified atom stereocenters. The summed E-state index contributed by atoms with van der Waals surface area (Å²) in [5.41, 5.74) is 3.13. The molecule has 4 rings (SSSR count). The summed E-state index contributed by atoms with van der Waals surface area (Å²) in [5, 5.41) is 4.74. The highest BCUT2D eigenvalue weighted by Gasteiger charge is 2.10. The molecule has 2 heteroatoms. The Balaban J connectivity index is 2.50. The molecule has 22 heavy (non-hydrogen) atoms. The predicted molar refractivity (Wildman–Crippen MR) is 94.3 cm³/mol. The fourth-order valence-corrected chi connectivity index (χ4v) is 3.20. The van der Waals surface area contributed by atoms with Crippen LogP contribution in [-0.4, -0.2) is 9.38 Å². The molecule has 0 bridgehead atoms. The lowest BCUT2D eigenvalue weighted by Crippen LogP contribution is -2.32. The number of pyridine rings is 1. The van der Waals surface area contributed by atoms with E-state index >= 15 is 0 Å². The molecule has 0 saturated heterocycles. The lowest BCUT2D eigenvalue weighted by molar-refractivity contribution is 1.16. The van der Waals surface area contributed by atoms with Crippen molar-refractivity contribution in [2.45, 2.75) is 6.92 Å². The van der Waals surface area contributed by atoms with Crippen LogP contribution >= 0.6 is 0 Å². The molecule has 0 N–H and O–H groups in total. The molecular weight excluding hydrogens is 268 g/mol. The van der Waals surface area contributed by atoms with Crippen LogP contribution in [0.25, 0.3) is 39.6 Å². The van der Waals surface area contributed by atoms with Crippen LogP contribution in [0.3, 0.4) is 0 Å². The van der Waals surface area contributed by atoms with Gasteiger partial charge in [0, 0.05) is 10.6 Å². The van der Waals surface area contributed by atoms with E-state index in [4.69, 9.17) is 4.98 Å². The van der Waals surface area contributed by atoms with Crippen LogP contribution in [0.5, 0.6) is 0 Å². The van der Waals surface area contributed by atoms with Crippen molar-refractivity contribution in [3.05, 3.63) is 71.8 Å². The molecule has 2 aromatic carbocycles. The van der Waals surface area contributed by atoms with Gasteiger partial charge in [0.05, 0.1) is 16.4 Å². The van der Waals surface area contributed by atoms with Gasteiger partial charge >= 0.3 is 0 Å². The maximum absolute atomic E-state index is 4.86. The fourth-order valence-electron chi connectivity index (χ4n) is 3.20. The molecule has 0 fully saturated rings. The quantitative estimate of drug-likeness (QED) is 0.523. The summed E-state index contributed by atoms with van der Waals surface area (Å²) in [6.07, 6.45) is 6.06. The zero-order valence-electron chi connectivity index (χ0n) is 12.5. The van der Waals surface area contributed by atoms with Crippen molar-refractivity contribution in [3.63, 3.8) is 0 Å². The van der Waals surface area contributed by atoms with Gasteiger partial charge in [-0.05, 0) is 30.5 Å². The zero-order valence-corrected chi connectivity index (χ0v) is 12.5. The van der Waals surface area contributed by atoms with Crippen LogP contribution in [0.15, 0.2) is 61.2 Å². The van der Waals surface area contributed by atoms with Gasteiger partial charge in [0.15, 0.2) is 0 Å². The van der Waals surface area contributed by atoms with Gasteiger partial charge in [0.2, 0.25) is 0 Å². The molecule has 0 atom stereocenters. The van der Waals surface area contributed by atoms with E-state index in [-0.39, 0.29) is 0 Å². The predicted octanol–water partition coefficient (Wildman–Crippen LogP) is 3.41. The van der Waals surface area contributed by atoms with Crippen molar-refractivity contribution in [1.29, 1.82) is 0 Å². The van der Waals surface area contributed by atoms with Gasteiger partial charge in [0.1, 0.15) is 5.65 Å². The average molecular weight is 284 g/mol. The number of imidazole rings is 1. The van der Waals surface area contributed by atoms with Gasteiger partial charge in [-0.2, -0.15) is 0 Å². The van der Waals surface area contributed by atoms with Crippen LogP contribution in [0.1, 0.15) is 6.92 Å². The first-order valence-corrected chi connectivity index (χ1v) is 7.42. The maximum Gasteiger partial charge on any atom is 0.146 e. The summed E-state index contributed by atoms with van der Waals surface area (Å²) in [7, 11) is 0.